The lowest BCUT2D eigenvalue weighted by Gasteiger charge is -2.42. The fourth-order valence-electron chi connectivity index (χ4n) is 6.95. The molecule has 2 N–H and O–H groups in total. The smallest absolute Gasteiger partial charge is 0.256 e. The van der Waals surface area contributed by atoms with E-state index in [1.807, 2.05) is 13.0 Å². The number of carbonyl (C=O) groups is 4. The quantitative estimate of drug-likeness (QED) is 0.596. The zero-order valence-corrected chi connectivity index (χ0v) is 22.4. The summed E-state index contributed by atoms with van der Waals surface area (Å²) < 4.78 is 20.0. The van der Waals surface area contributed by atoms with Crippen molar-refractivity contribution < 1.29 is 28.3 Å². The van der Waals surface area contributed by atoms with Crippen LogP contribution in [0.3, 0.4) is 0 Å². The van der Waals surface area contributed by atoms with Gasteiger partial charge in [-0.25, -0.2) is 4.39 Å². The van der Waals surface area contributed by atoms with Gasteiger partial charge in [0.2, 0.25) is 17.7 Å². The number of alkyl halides is 1. The molecule has 0 aromatic heterocycles. The van der Waals surface area contributed by atoms with Crippen LogP contribution in [-0.2, 0) is 19.1 Å². The minimum Gasteiger partial charge on any atom is -0.378 e. The van der Waals surface area contributed by atoms with Crippen molar-refractivity contribution in [1.29, 1.82) is 0 Å². The van der Waals surface area contributed by atoms with Crippen LogP contribution >= 0.6 is 0 Å². The molecule has 6 rings (SSSR count). The summed E-state index contributed by atoms with van der Waals surface area (Å²) in [5.41, 5.74) is 3.21. The number of morpholine rings is 1. The number of hydrogen-bond acceptors (Lipinski definition) is 5. The first-order valence-corrected chi connectivity index (χ1v) is 14.4. The number of aryl methyl sites for hydroxylation is 1. The van der Waals surface area contributed by atoms with Crippen LogP contribution in [0.5, 0.6) is 0 Å². The van der Waals surface area contributed by atoms with E-state index in [9.17, 15) is 23.6 Å². The zero-order chi connectivity index (χ0) is 27.3. The molecule has 3 aliphatic heterocycles. The monoisotopic (exact) mass is 540 g/mol. The van der Waals surface area contributed by atoms with Crippen molar-refractivity contribution in [1.82, 2.24) is 15.5 Å². The molecular weight excluding hydrogens is 503 g/mol. The number of nitrogens with one attached hydrogen (secondary N) is 2. The maximum absolute atomic E-state index is 14.6. The number of hydrogen-bond donors (Lipinski definition) is 2. The average molecular weight is 541 g/mol. The lowest BCUT2D eigenvalue weighted by molar-refractivity contribution is -0.139. The summed E-state index contributed by atoms with van der Waals surface area (Å²) in [5, 5.41) is 5.77. The summed E-state index contributed by atoms with van der Waals surface area (Å²) in [6, 6.07) is 2.88. The van der Waals surface area contributed by atoms with E-state index in [1.54, 1.807) is 9.80 Å². The Kier molecular flexibility index (Phi) is 7.07. The van der Waals surface area contributed by atoms with Crippen molar-refractivity contribution in [2.45, 2.75) is 76.0 Å². The van der Waals surface area contributed by atoms with Gasteiger partial charge in [0.25, 0.3) is 5.91 Å². The van der Waals surface area contributed by atoms with Crippen LogP contribution in [0, 0.1) is 18.8 Å². The normalized spacial score (nSPS) is 31.1. The molecule has 3 saturated heterocycles. The maximum Gasteiger partial charge on any atom is 0.256 e. The van der Waals surface area contributed by atoms with Gasteiger partial charge in [-0.15, -0.1) is 0 Å². The van der Waals surface area contributed by atoms with E-state index in [0.29, 0.717) is 62.7 Å². The van der Waals surface area contributed by atoms with Gasteiger partial charge in [-0.3, -0.25) is 19.2 Å². The SMILES string of the molecule is Cc1cc(C(=O)N2CCOCC2)c(N2C[C@H](NC(=O)C3CC(=O)NC4C(F)CCCC34)CC2=O)c(C2CC2)c1. The Labute approximate surface area is 227 Å². The maximum atomic E-state index is 14.6. The van der Waals surface area contributed by atoms with Gasteiger partial charge in [0, 0.05) is 32.5 Å². The molecule has 1 aromatic carbocycles. The molecular formula is C29H37FN4O5. The number of piperidine rings is 1. The molecule has 2 aliphatic carbocycles. The molecule has 210 valence electrons. The molecule has 10 heteroatoms. The number of rotatable bonds is 5. The topological polar surface area (TPSA) is 108 Å². The van der Waals surface area contributed by atoms with Crippen molar-refractivity contribution in [3.8, 4) is 0 Å². The summed E-state index contributed by atoms with van der Waals surface area (Å²) in [4.78, 5) is 56.3. The number of anilines is 1. The van der Waals surface area contributed by atoms with Gasteiger partial charge in [0.15, 0.2) is 0 Å². The minimum atomic E-state index is -1.14. The fourth-order valence-corrected chi connectivity index (χ4v) is 6.95. The Morgan fingerprint density at radius 2 is 1.85 bits per heavy atom. The Morgan fingerprint density at radius 3 is 2.59 bits per heavy atom. The van der Waals surface area contributed by atoms with Crippen LogP contribution in [0.25, 0.3) is 0 Å². The second kappa shape index (κ2) is 10.5. The number of fused-ring (bicyclic) bond motifs is 1. The van der Waals surface area contributed by atoms with Gasteiger partial charge in [0.1, 0.15) is 6.17 Å². The van der Waals surface area contributed by atoms with Crippen molar-refractivity contribution >= 4 is 29.3 Å². The van der Waals surface area contributed by atoms with E-state index in [4.69, 9.17) is 4.74 Å². The van der Waals surface area contributed by atoms with E-state index in [-0.39, 0.29) is 48.9 Å². The van der Waals surface area contributed by atoms with E-state index >= 15 is 0 Å². The number of amides is 4. The second-order valence-electron chi connectivity index (χ2n) is 11.9. The molecule has 9 nitrogen and oxygen atoms in total. The highest BCUT2D eigenvalue weighted by Gasteiger charge is 2.47. The first-order chi connectivity index (χ1) is 18.8. The Hall–Kier alpha value is -3.01. The van der Waals surface area contributed by atoms with Gasteiger partial charge >= 0.3 is 0 Å². The molecule has 1 aromatic rings. The molecule has 4 unspecified atom stereocenters. The van der Waals surface area contributed by atoms with Gasteiger partial charge in [0.05, 0.1) is 42.5 Å². The third kappa shape index (κ3) is 5.15. The summed E-state index contributed by atoms with van der Waals surface area (Å²) in [5.74, 6) is -1.36. The molecule has 0 spiro atoms. The molecule has 0 radical (unpaired) electrons. The molecule has 0 bridgehead atoms. The second-order valence-corrected chi connectivity index (χ2v) is 11.9. The van der Waals surface area contributed by atoms with Crippen LogP contribution in [0.2, 0.25) is 0 Å². The molecule has 39 heavy (non-hydrogen) atoms. The largest absolute Gasteiger partial charge is 0.378 e. The van der Waals surface area contributed by atoms with Crippen LogP contribution in [0.15, 0.2) is 12.1 Å². The van der Waals surface area contributed by atoms with Crippen LogP contribution in [-0.4, -0.2) is 79.6 Å². The molecule has 4 amide bonds. The highest BCUT2D eigenvalue weighted by molar-refractivity contribution is 6.07. The summed E-state index contributed by atoms with van der Waals surface area (Å²) >= 11 is 0. The zero-order valence-electron chi connectivity index (χ0n) is 22.4. The molecule has 5 aliphatic rings. The minimum absolute atomic E-state index is 0.0338. The molecule has 5 atom stereocenters. The third-order valence-corrected chi connectivity index (χ3v) is 9.03. The number of benzene rings is 1. The lowest BCUT2D eigenvalue weighted by atomic mass is 9.71. The number of ether oxygens (including phenoxy) is 1. The molecule has 3 heterocycles. The molecule has 5 fully saturated rings. The number of carbonyl (C=O) groups excluding carboxylic acids is 4. The van der Waals surface area contributed by atoms with Crippen LogP contribution < -0.4 is 15.5 Å². The van der Waals surface area contributed by atoms with E-state index in [1.165, 1.54) is 0 Å². The Bertz CT molecular complexity index is 1180. The van der Waals surface area contributed by atoms with Crippen LogP contribution in [0.4, 0.5) is 10.1 Å². The predicted molar refractivity (Wildman–Crippen MR) is 141 cm³/mol. The van der Waals surface area contributed by atoms with E-state index < -0.39 is 24.2 Å². The van der Waals surface area contributed by atoms with Gasteiger partial charge in [-0.2, -0.15) is 0 Å². The highest BCUT2D eigenvalue weighted by Crippen LogP contribution is 2.47. The average Bonchev–Trinajstić information content (AvgIpc) is 3.71. The van der Waals surface area contributed by atoms with E-state index in [0.717, 1.165) is 24.0 Å². The lowest BCUT2D eigenvalue weighted by Crippen LogP contribution is -2.59. The Morgan fingerprint density at radius 1 is 1.08 bits per heavy atom. The Balaban J connectivity index is 1.23. The van der Waals surface area contributed by atoms with Gasteiger partial charge < -0.3 is 25.2 Å². The van der Waals surface area contributed by atoms with Crippen molar-refractivity contribution in [3.05, 3.63) is 28.8 Å². The summed E-state index contributed by atoms with van der Waals surface area (Å²) in [7, 11) is 0. The van der Waals surface area contributed by atoms with Gasteiger partial charge in [-0.05, 0) is 61.6 Å². The fraction of sp³-hybridized carbons (Fsp3) is 0.655. The summed E-state index contributed by atoms with van der Waals surface area (Å²) in [6.45, 7) is 4.23. The predicted octanol–water partition coefficient (Wildman–Crippen LogP) is 2.21. The number of nitrogens with zero attached hydrogens (tertiary/aromatic N) is 2. The van der Waals surface area contributed by atoms with Gasteiger partial charge in [-0.1, -0.05) is 12.5 Å². The summed E-state index contributed by atoms with van der Waals surface area (Å²) in [6.07, 6.45) is 2.83. The first kappa shape index (κ1) is 26.2. The van der Waals surface area contributed by atoms with Crippen molar-refractivity contribution in [2.75, 3.05) is 37.7 Å². The first-order valence-electron chi connectivity index (χ1n) is 14.4. The van der Waals surface area contributed by atoms with Crippen molar-refractivity contribution in [2.24, 2.45) is 11.8 Å². The molecule has 2 saturated carbocycles. The van der Waals surface area contributed by atoms with Crippen LogP contribution in [0.1, 0.15) is 72.3 Å². The third-order valence-electron chi connectivity index (χ3n) is 9.03. The highest BCUT2D eigenvalue weighted by atomic mass is 19.1. The number of halogens is 1. The standard InChI is InChI=1S/C29H37FN4O5/c1-16-11-20(17-5-6-17)27(22(12-16)29(38)33-7-9-39-10-8-33)34-15-18(13-25(34)36)31-28(37)21-14-24(35)32-26-19(21)3-2-4-23(26)30/h11-12,17-19,21,23,26H,2-10,13-15H2,1H3,(H,31,37)(H,32,35)/t18-,19?,21?,23?,26?/m1/s1. The van der Waals surface area contributed by atoms with E-state index in [2.05, 4.69) is 16.7 Å². The van der Waals surface area contributed by atoms with Crippen molar-refractivity contribution in [3.63, 3.8) is 0 Å².